The van der Waals surface area contributed by atoms with E-state index in [1.54, 1.807) is 0 Å². The minimum absolute atomic E-state index is 0.0757. The van der Waals surface area contributed by atoms with Crippen LogP contribution in [0, 0.1) is 0 Å². The molecule has 0 saturated carbocycles. The first-order chi connectivity index (χ1) is 36.0. The molecule has 0 aliphatic rings. The van der Waals surface area contributed by atoms with Crippen molar-refractivity contribution >= 4 is 17.9 Å². The molecule has 0 aromatic rings. The molecule has 6 nitrogen and oxygen atoms in total. The average molecular weight is 1020 g/mol. The Hall–Kier alpha value is -2.63. The summed E-state index contributed by atoms with van der Waals surface area (Å²) in [6.07, 6.45) is 77.4. The molecular weight excluding hydrogens is 901 g/mol. The predicted molar refractivity (Wildman–Crippen MR) is 316 cm³/mol. The molecule has 0 N–H and O–H groups in total. The summed E-state index contributed by atoms with van der Waals surface area (Å²) in [5, 5.41) is 0. The fourth-order valence-corrected chi connectivity index (χ4v) is 9.42. The van der Waals surface area contributed by atoms with E-state index in [0.717, 1.165) is 96.3 Å². The maximum atomic E-state index is 12.8. The molecule has 0 aromatic heterocycles. The first-order valence-electron chi connectivity index (χ1n) is 32.1. The summed E-state index contributed by atoms with van der Waals surface area (Å²) in [7, 11) is 0. The fraction of sp³-hybridized carbons (Fsp3) is 0.836. The standard InChI is InChI=1S/C67H122O6/c1-4-7-10-13-16-19-22-23-24-25-26-27-28-29-30-31-32-33-34-35-36-37-38-39-40-41-42-43-44-45-46-49-51-54-57-60-66(69)72-63-64(73-67(70)61-58-55-52-48-21-18-15-12-9-6-3)62-71-65(68)59-56-53-50-47-20-17-14-11-8-5-2/h11-12,14-15,22-23,25-26,64H,4-10,13,16-21,24,27-63H2,1-3H3/b14-11-,15-12-,23-22-,26-25-. The maximum absolute atomic E-state index is 12.8. The van der Waals surface area contributed by atoms with Gasteiger partial charge in [-0.15, -0.1) is 0 Å². The number of esters is 3. The molecule has 0 fully saturated rings. The number of hydrogen-bond donors (Lipinski definition) is 0. The van der Waals surface area contributed by atoms with Crippen molar-refractivity contribution in [3.8, 4) is 0 Å². The minimum Gasteiger partial charge on any atom is -0.462 e. The third-order valence-electron chi connectivity index (χ3n) is 14.2. The van der Waals surface area contributed by atoms with E-state index in [9.17, 15) is 14.4 Å². The largest absolute Gasteiger partial charge is 0.462 e. The topological polar surface area (TPSA) is 78.9 Å². The number of unbranched alkanes of at least 4 members (excludes halogenated alkanes) is 40. The molecule has 73 heavy (non-hydrogen) atoms. The maximum Gasteiger partial charge on any atom is 0.306 e. The first kappa shape index (κ1) is 70.4. The molecule has 0 aliphatic heterocycles. The van der Waals surface area contributed by atoms with Crippen molar-refractivity contribution in [3.05, 3.63) is 48.6 Å². The fourth-order valence-electron chi connectivity index (χ4n) is 9.42. The van der Waals surface area contributed by atoms with Gasteiger partial charge in [0.1, 0.15) is 13.2 Å². The summed E-state index contributed by atoms with van der Waals surface area (Å²) in [5.41, 5.74) is 0. The highest BCUT2D eigenvalue weighted by Gasteiger charge is 2.19. The molecule has 1 atom stereocenters. The Kier molecular flexibility index (Phi) is 59.7. The zero-order valence-corrected chi connectivity index (χ0v) is 48.9. The molecule has 426 valence electrons. The Labute approximate surface area is 454 Å². The van der Waals surface area contributed by atoms with Crippen molar-refractivity contribution in [1.82, 2.24) is 0 Å². The van der Waals surface area contributed by atoms with Crippen LogP contribution in [-0.2, 0) is 28.6 Å². The lowest BCUT2D eigenvalue weighted by Gasteiger charge is -2.18. The van der Waals surface area contributed by atoms with Crippen LogP contribution in [0.1, 0.15) is 342 Å². The van der Waals surface area contributed by atoms with Crippen LogP contribution in [0.25, 0.3) is 0 Å². The van der Waals surface area contributed by atoms with Gasteiger partial charge in [-0.25, -0.2) is 0 Å². The summed E-state index contributed by atoms with van der Waals surface area (Å²) in [6, 6.07) is 0. The summed E-state index contributed by atoms with van der Waals surface area (Å²) in [4.78, 5) is 38.0. The highest BCUT2D eigenvalue weighted by Crippen LogP contribution is 2.17. The number of hydrogen-bond acceptors (Lipinski definition) is 6. The van der Waals surface area contributed by atoms with Gasteiger partial charge >= 0.3 is 17.9 Å². The average Bonchev–Trinajstić information content (AvgIpc) is 3.39. The molecule has 0 aliphatic carbocycles. The summed E-state index contributed by atoms with van der Waals surface area (Å²) in [5.74, 6) is -0.885. The second-order valence-corrected chi connectivity index (χ2v) is 21.7. The predicted octanol–water partition coefficient (Wildman–Crippen LogP) is 21.8. The highest BCUT2D eigenvalue weighted by atomic mass is 16.6. The third kappa shape index (κ3) is 60.1. The van der Waals surface area contributed by atoms with Crippen molar-refractivity contribution < 1.29 is 28.6 Å². The quantitative estimate of drug-likeness (QED) is 0.0261. The van der Waals surface area contributed by atoms with Crippen LogP contribution in [0.5, 0.6) is 0 Å². The van der Waals surface area contributed by atoms with Gasteiger partial charge in [-0.1, -0.05) is 281 Å². The Morgan fingerprint density at radius 2 is 0.521 bits per heavy atom. The normalized spacial score (nSPS) is 12.3. The molecule has 0 rings (SSSR count). The monoisotopic (exact) mass is 1020 g/mol. The molecule has 6 heteroatoms. The molecule has 0 saturated heterocycles. The van der Waals surface area contributed by atoms with Crippen LogP contribution < -0.4 is 0 Å². The summed E-state index contributed by atoms with van der Waals surface area (Å²) < 4.78 is 16.8. The van der Waals surface area contributed by atoms with Crippen LogP contribution >= 0.6 is 0 Å². The number of rotatable bonds is 59. The van der Waals surface area contributed by atoms with Gasteiger partial charge in [0.15, 0.2) is 6.10 Å². The summed E-state index contributed by atoms with van der Waals surface area (Å²) in [6.45, 7) is 6.52. The Balaban J connectivity index is 3.91. The van der Waals surface area contributed by atoms with Crippen molar-refractivity contribution in [2.24, 2.45) is 0 Å². The Morgan fingerprint density at radius 1 is 0.274 bits per heavy atom. The number of carbonyl (C=O) groups excluding carboxylic acids is 3. The lowest BCUT2D eigenvalue weighted by atomic mass is 10.0. The molecule has 0 aromatic carbocycles. The van der Waals surface area contributed by atoms with Gasteiger partial charge in [0.25, 0.3) is 0 Å². The number of ether oxygens (including phenoxy) is 3. The van der Waals surface area contributed by atoms with Crippen LogP contribution in [0.15, 0.2) is 48.6 Å². The van der Waals surface area contributed by atoms with Gasteiger partial charge in [0.05, 0.1) is 0 Å². The van der Waals surface area contributed by atoms with Crippen molar-refractivity contribution in [1.29, 1.82) is 0 Å². The SMILES string of the molecule is CCC/C=C\CCCCCCCC(=O)OCC(COC(=O)CCCCCCCCCCCCCCCCCCCCCCCCC/C=C\C/C=C\CCCCCCC)OC(=O)CCCCCCC/C=C\CCC. The highest BCUT2D eigenvalue weighted by molar-refractivity contribution is 5.71. The molecule has 0 amide bonds. The molecule has 0 bridgehead atoms. The van der Waals surface area contributed by atoms with Gasteiger partial charge in [-0.3, -0.25) is 14.4 Å². The minimum atomic E-state index is -0.776. The van der Waals surface area contributed by atoms with E-state index in [0.29, 0.717) is 19.3 Å². The lowest BCUT2D eigenvalue weighted by Crippen LogP contribution is -2.30. The van der Waals surface area contributed by atoms with Gasteiger partial charge in [-0.05, 0) is 89.9 Å². The van der Waals surface area contributed by atoms with E-state index in [4.69, 9.17) is 14.2 Å². The van der Waals surface area contributed by atoms with Crippen LogP contribution in [0.4, 0.5) is 0 Å². The second kappa shape index (κ2) is 61.9. The van der Waals surface area contributed by atoms with Crippen molar-refractivity contribution in [3.63, 3.8) is 0 Å². The third-order valence-corrected chi connectivity index (χ3v) is 14.2. The van der Waals surface area contributed by atoms with E-state index in [1.165, 1.54) is 205 Å². The zero-order valence-electron chi connectivity index (χ0n) is 48.9. The zero-order chi connectivity index (χ0) is 52.9. The van der Waals surface area contributed by atoms with Gasteiger partial charge < -0.3 is 14.2 Å². The smallest absolute Gasteiger partial charge is 0.306 e. The molecule has 0 spiro atoms. The van der Waals surface area contributed by atoms with Gasteiger partial charge in [0.2, 0.25) is 0 Å². The lowest BCUT2D eigenvalue weighted by molar-refractivity contribution is -0.167. The van der Waals surface area contributed by atoms with Crippen LogP contribution in [0.3, 0.4) is 0 Å². The van der Waals surface area contributed by atoms with E-state index >= 15 is 0 Å². The molecular formula is C67H122O6. The van der Waals surface area contributed by atoms with E-state index in [1.807, 2.05) is 0 Å². The van der Waals surface area contributed by atoms with Gasteiger partial charge in [0, 0.05) is 19.3 Å². The van der Waals surface area contributed by atoms with E-state index < -0.39 is 6.10 Å². The summed E-state index contributed by atoms with van der Waals surface area (Å²) >= 11 is 0. The molecule has 0 radical (unpaired) electrons. The van der Waals surface area contributed by atoms with E-state index in [2.05, 4.69) is 69.4 Å². The second-order valence-electron chi connectivity index (χ2n) is 21.7. The number of carbonyl (C=O) groups is 3. The van der Waals surface area contributed by atoms with Crippen molar-refractivity contribution in [2.75, 3.05) is 13.2 Å². The Bertz CT molecular complexity index is 1270. The molecule has 0 heterocycles. The van der Waals surface area contributed by atoms with Crippen LogP contribution in [-0.4, -0.2) is 37.2 Å². The van der Waals surface area contributed by atoms with E-state index in [-0.39, 0.29) is 31.1 Å². The number of allylic oxidation sites excluding steroid dienone is 8. The van der Waals surface area contributed by atoms with Crippen molar-refractivity contribution in [2.45, 2.75) is 348 Å². The van der Waals surface area contributed by atoms with Gasteiger partial charge in [-0.2, -0.15) is 0 Å². The first-order valence-corrected chi connectivity index (χ1v) is 32.1. The Morgan fingerprint density at radius 3 is 0.822 bits per heavy atom. The molecule has 1 unspecified atom stereocenters. The van der Waals surface area contributed by atoms with Crippen LogP contribution in [0.2, 0.25) is 0 Å².